The van der Waals surface area contributed by atoms with Gasteiger partial charge in [0.15, 0.2) is 0 Å². The van der Waals surface area contributed by atoms with Crippen molar-refractivity contribution in [3.05, 3.63) is 92.6 Å². The van der Waals surface area contributed by atoms with Gasteiger partial charge in [-0.3, -0.25) is 0 Å². The number of hydrogen-bond acceptors (Lipinski definition) is 4. The summed E-state index contributed by atoms with van der Waals surface area (Å²) in [5, 5.41) is 5.30. The second-order valence-electron chi connectivity index (χ2n) is 5.60. The minimum atomic E-state index is -0.501. The van der Waals surface area contributed by atoms with Gasteiger partial charge >= 0.3 is 11.3 Å². The zero-order chi connectivity index (χ0) is 17.2. The number of hydrogen-bond donors (Lipinski definition) is 2. The quantitative estimate of drug-likeness (QED) is 0.599. The Bertz CT molecular complexity index is 1010. The summed E-state index contributed by atoms with van der Waals surface area (Å²) in [5.74, 6) is 0. The maximum Gasteiger partial charge on any atom is 0.361 e. The Morgan fingerprint density at radius 3 is 1.44 bits per heavy atom. The molecular formula is C19H14N2O4. The molecule has 2 aromatic heterocycles. The molecule has 0 aliphatic carbocycles. The number of nitrogens with one attached hydrogen (secondary N) is 2. The maximum absolute atomic E-state index is 12.2. The Morgan fingerprint density at radius 2 is 1.04 bits per heavy atom. The molecule has 6 heteroatoms. The summed E-state index contributed by atoms with van der Waals surface area (Å²) < 4.78 is 9.92. The molecular weight excluding hydrogens is 320 g/mol. The molecule has 0 radical (unpaired) electrons. The molecule has 2 aromatic carbocycles. The molecule has 0 unspecified atom stereocenters. The van der Waals surface area contributed by atoms with Crippen molar-refractivity contribution in [3.63, 3.8) is 0 Å². The van der Waals surface area contributed by atoms with E-state index in [2.05, 4.69) is 10.3 Å². The fourth-order valence-electron chi connectivity index (χ4n) is 2.82. The van der Waals surface area contributed by atoms with Crippen LogP contribution in [0.15, 0.2) is 79.3 Å². The first-order chi connectivity index (χ1) is 12.2. The molecule has 25 heavy (non-hydrogen) atoms. The molecule has 0 saturated carbocycles. The summed E-state index contributed by atoms with van der Waals surface area (Å²) in [7, 11) is 0. The van der Waals surface area contributed by atoms with Crippen LogP contribution in [0, 0.1) is 0 Å². The summed E-state index contributed by atoms with van der Waals surface area (Å²) in [4.78, 5) is 24.3. The van der Waals surface area contributed by atoms with E-state index in [1.54, 1.807) is 0 Å². The molecule has 0 fully saturated rings. The average Bonchev–Trinajstić information content (AvgIpc) is 3.21. The van der Waals surface area contributed by atoms with Crippen molar-refractivity contribution in [2.45, 2.75) is 6.42 Å². The number of H-pyrrole nitrogens is 2. The topological polar surface area (TPSA) is 92.0 Å². The largest absolute Gasteiger partial charge is 0.361 e. The van der Waals surface area contributed by atoms with Crippen molar-refractivity contribution in [2.24, 2.45) is 0 Å². The number of aromatic nitrogens is 2. The molecule has 4 aromatic rings. The van der Waals surface area contributed by atoms with Crippen LogP contribution >= 0.6 is 0 Å². The van der Waals surface area contributed by atoms with Crippen molar-refractivity contribution in [3.8, 4) is 22.5 Å². The maximum atomic E-state index is 12.2. The van der Waals surface area contributed by atoms with Gasteiger partial charge in [0.25, 0.3) is 0 Å². The van der Waals surface area contributed by atoms with Gasteiger partial charge < -0.3 is 9.05 Å². The highest BCUT2D eigenvalue weighted by Crippen LogP contribution is 2.25. The van der Waals surface area contributed by atoms with Gasteiger partial charge in [0.1, 0.15) is 0 Å². The van der Waals surface area contributed by atoms with Gasteiger partial charge in [-0.2, -0.15) is 0 Å². The first-order valence-electron chi connectivity index (χ1n) is 7.75. The van der Waals surface area contributed by atoms with Crippen LogP contribution in [-0.2, 0) is 6.42 Å². The molecule has 0 saturated heterocycles. The summed E-state index contributed by atoms with van der Waals surface area (Å²) in [6.45, 7) is 0. The molecule has 0 aliphatic heterocycles. The van der Waals surface area contributed by atoms with Gasteiger partial charge in [-0.05, 0) is 0 Å². The molecule has 2 N–H and O–H groups in total. The lowest BCUT2D eigenvalue weighted by Crippen LogP contribution is -2.10. The van der Waals surface area contributed by atoms with Crippen LogP contribution in [-0.4, -0.2) is 10.3 Å². The second kappa shape index (κ2) is 6.16. The average molecular weight is 334 g/mol. The Hall–Kier alpha value is -3.54. The van der Waals surface area contributed by atoms with Gasteiger partial charge in [0, 0.05) is 17.5 Å². The molecule has 124 valence electrons. The third-order valence-electron chi connectivity index (χ3n) is 4.07. The van der Waals surface area contributed by atoms with Crippen LogP contribution in [0.5, 0.6) is 0 Å². The first kappa shape index (κ1) is 15.0. The summed E-state index contributed by atoms with van der Waals surface area (Å²) in [6.07, 6.45) is 0.103. The summed E-state index contributed by atoms with van der Waals surface area (Å²) >= 11 is 0. The van der Waals surface area contributed by atoms with Crippen LogP contribution in [0.3, 0.4) is 0 Å². The zero-order valence-electron chi connectivity index (χ0n) is 13.1. The third-order valence-corrected chi connectivity index (χ3v) is 4.07. The molecule has 0 aliphatic rings. The number of benzene rings is 2. The molecule has 0 bridgehead atoms. The van der Waals surface area contributed by atoms with Crippen molar-refractivity contribution in [1.29, 1.82) is 0 Å². The summed E-state index contributed by atoms with van der Waals surface area (Å²) in [6, 6.07) is 18.7. The highest BCUT2D eigenvalue weighted by molar-refractivity contribution is 5.66. The summed E-state index contributed by atoms with van der Waals surface area (Å²) in [5.41, 5.74) is 2.51. The lowest BCUT2D eigenvalue weighted by Gasteiger charge is -2.02. The Kier molecular flexibility index (Phi) is 3.70. The van der Waals surface area contributed by atoms with E-state index < -0.39 is 11.3 Å². The molecule has 0 amide bonds. The van der Waals surface area contributed by atoms with Crippen LogP contribution in [0.1, 0.15) is 11.1 Å². The minimum Gasteiger partial charge on any atom is -0.338 e. The van der Waals surface area contributed by atoms with Gasteiger partial charge in [-0.15, -0.1) is 0 Å². The van der Waals surface area contributed by atoms with E-state index in [-0.39, 0.29) is 6.42 Å². The fourth-order valence-corrected chi connectivity index (χ4v) is 2.82. The Balaban J connectivity index is 1.81. The zero-order valence-corrected chi connectivity index (χ0v) is 13.1. The van der Waals surface area contributed by atoms with Crippen molar-refractivity contribution in [1.82, 2.24) is 10.3 Å². The van der Waals surface area contributed by atoms with Crippen molar-refractivity contribution >= 4 is 0 Å². The monoisotopic (exact) mass is 334 g/mol. The lowest BCUT2D eigenvalue weighted by molar-refractivity contribution is 0.390. The van der Waals surface area contributed by atoms with E-state index in [1.165, 1.54) is 0 Å². The fraction of sp³-hybridized carbons (Fsp3) is 0.0526. The predicted molar refractivity (Wildman–Crippen MR) is 92.3 cm³/mol. The van der Waals surface area contributed by atoms with E-state index >= 15 is 0 Å². The Labute approximate surface area is 141 Å². The highest BCUT2D eigenvalue weighted by atomic mass is 16.5. The smallest absolute Gasteiger partial charge is 0.338 e. The molecule has 6 nitrogen and oxygen atoms in total. The lowest BCUT2D eigenvalue weighted by atomic mass is 9.99. The number of aromatic amines is 2. The molecule has 0 atom stereocenters. The Morgan fingerprint density at radius 1 is 0.640 bits per heavy atom. The van der Waals surface area contributed by atoms with Crippen molar-refractivity contribution < 1.29 is 9.05 Å². The van der Waals surface area contributed by atoms with Crippen LogP contribution in [0.4, 0.5) is 0 Å². The van der Waals surface area contributed by atoms with Crippen LogP contribution in [0.2, 0.25) is 0 Å². The van der Waals surface area contributed by atoms with E-state index in [9.17, 15) is 9.59 Å². The van der Waals surface area contributed by atoms with Crippen LogP contribution in [0.25, 0.3) is 22.5 Å². The van der Waals surface area contributed by atoms with Gasteiger partial charge in [0.05, 0.1) is 22.5 Å². The van der Waals surface area contributed by atoms with E-state index in [0.717, 1.165) is 11.1 Å². The molecule has 4 rings (SSSR count). The third kappa shape index (κ3) is 2.74. The van der Waals surface area contributed by atoms with E-state index in [1.807, 2.05) is 60.7 Å². The number of rotatable bonds is 4. The first-order valence-corrected chi connectivity index (χ1v) is 7.75. The predicted octanol–water partition coefficient (Wildman–Crippen LogP) is 3.17. The van der Waals surface area contributed by atoms with E-state index in [0.29, 0.717) is 22.5 Å². The van der Waals surface area contributed by atoms with Crippen LogP contribution < -0.4 is 11.3 Å². The second-order valence-corrected chi connectivity index (χ2v) is 5.60. The van der Waals surface area contributed by atoms with Crippen molar-refractivity contribution in [2.75, 3.05) is 0 Å². The van der Waals surface area contributed by atoms with Gasteiger partial charge in [-0.1, -0.05) is 60.7 Å². The van der Waals surface area contributed by atoms with Gasteiger partial charge in [-0.25, -0.2) is 19.9 Å². The van der Waals surface area contributed by atoms with Gasteiger partial charge in [0.2, 0.25) is 0 Å². The highest BCUT2D eigenvalue weighted by Gasteiger charge is 2.21. The molecule has 0 spiro atoms. The van der Waals surface area contributed by atoms with E-state index in [4.69, 9.17) is 9.05 Å². The SMILES string of the molecule is O=c1o[nH]c(-c2ccccc2)c1Cc1c(-c2ccccc2)[nH]oc1=O. The minimum absolute atomic E-state index is 0.103. The molecule has 2 heterocycles. The normalized spacial score (nSPS) is 10.9. The standard InChI is InChI=1S/C19H14N2O4/c22-18-14(16(20-24-18)12-7-3-1-4-8-12)11-15-17(21-25-19(15)23)13-9-5-2-6-10-13/h1-10,20-21H,11H2.